The number of anilines is 1. The Labute approximate surface area is 205 Å². The topological polar surface area (TPSA) is 66.5 Å². The lowest BCUT2D eigenvalue weighted by atomic mass is 10.2. The van der Waals surface area contributed by atoms with Crippen LogP contribution in [0.5, 0.6) is 0 Å². The van der Waals surface area contributed by atoms with Crippen LogP contribution in [0.4, 0.5) is 5.69 Å². The fourth-order valence-electron chi connectivity index (χ4n) is 3.14. The number of benzene rings is 3. The molecule has 8 heteroatoms. The monoisotopic (exact) mass is 502 g/mol. The second-order valence-corrected chi connectivity index (χ2v) is 10.9. The first kappa shape index (κ1) is 25.1. The summed E-state index contributed by atoms with van der Waals surface area (Å²) in [6, 6.07) is 23.4. The van der Waals surface area contributed by atoms with Crippen molar-refractivity contribution in [2.24, 2.45) is 0 Å². The molecule has 3 aromatic rings. The summed E-state index contributed by atoms with van der Waals surface area (Å²) in [6.45, 7) is 2.01. The Balaban J connectivity index is 1.61. The molecule has 0 saturated heterocycles. The molecule has 174 valence electrons. The molecule has 0 bridgehead atoms. The summed E-state index contributed by atoms with van der Waals surface area (Å²) in [5.41, 5.74) is 2.48. The Kier molecular flexibility index (Phi) is 9.23. The van der Waals surface area contributed by atoms with Crippen LogP contribution in [0.2, 0.25) is 5.02 Å². The molecule has 3 rings (SSSR count). The van der Waals surface area contributed by atoms with Gasteiger partial charge in [0.1, 0.15) is 6.54 Å². The zero-order chi connectivity index (χ0) is 23.7. The van der Waals surface area contributed by atoms with E-state index in [0.717, 1.165) is 27.8 Å². The molecule has 5 nitrogen and oxygen atoms in total. The van der Waals surface area contributed by atoms with Crippen molar-refractivity contribution in [1.29, 1.82) is 0 Å². The van der Waals surface area contributed by atoms with Gasteiger partial charge in [-0.3, -0.25) is 9.10 Å². The molecule has 0 fully saturated rings. The van der Waals surface area contributed by atoms with E-state index in [-0.39, 0.29) is 28.1 Å². The van der Waals surface area contributed by atoms with Crippen molar-refractivity contribution >= 4 is 45.0 Å². The predicted octanol–water partition coefficient (Wildman–Crippen LogP) is 5.28. The van der Waals surface area contributed by atoms with Gasteiger partial charge in [0.2, 0.25) is 5.91 Å². The smallest absolute Gasteiger partial charge is 0.264 e. The molecule has 0 aromatic heterocycles. The standard InChI is InChI=1S/C25H27ClN2O3S2/c1-20-12-14-22(15-13-20)33(30,31)28(24-11-6-5-10-23(24)26)18-25(29)27-16-7-17-32-19-21-8-3-2-4-9-21/h2-6,8-15H,7,16-19H2,1H3,(H,27,29). The summed E-state index contributed by atoms with van der Waals surface area (Å²) >= 11 is 8.09. The van der Waals surface area contributed by atoms with E-state index < -0.39 is 10.0 Å². The minimum absolute atomic E-state index is 0.109. The number of amides is 1. The zero-order valence-electron chi connectivity index (χ0n) is 18.4. The summed E-state index contributed by atoms with van der Waals surface area (Å²) < 4.78 is 27.8. The molecular formula is C25H27ClN2O3S2. The highest BCUT2D eigenvalue weighted by Crippen LogP contribution is 2.30. The van der Waals surface area contributed by atoms with Crippen LogP contribution in [0.25, 0.3) is 0 Å². The third-order valence-electron chi connectivity index (χ3n) is 4.92. The molecule has 0 spiro atoms. The van der Waals surface area contributed by atoms with Gasteiger partial charge in [-0.25, -0.2) is 8.42 Å². The Morgan fingerprint density at radius 2 is 1.64 bits per heavy atom. The number of carbonyl (C=O) groups excluding carboxylic acids is 1. The Morgan fingerprint density at radius 1 is 0.970 bits per heavy atom. The number of para-hydroxylation sites is 1. The number of nitrogens with one attached hydrogen (secondary N) is 1. The van der Waals surface area contributed by atoms with E-state index in [2.05, 4.69) is 17.4 Å². The number of nitrogens with zero attached hydrogens (tertiary/aromatic N) is 1. The highest BCUT2D eigenvalue weighted by atomic mass is 35.5. The van der Waals surface area contributed by atoms with E-state index in [9.17, 15) is 13.2 Å². The molecule has 3 aromatic carbocycles. The number of rotatable bonds is 11. The fraction of sp³-hybridized carbons (Fsp3) is 0.240. The molecule has 0 heterocycles. The van der Waals surface area contributed by atoms with Crippen molar-refractivity contribution in [2.75, 3.05) is 23.1 Å². The molecule has 33 heavy (non-hydrogen) atoms. The predicted molar refractivity (Wildman–Crippen MR) is 137 cm³/mol. The van der Waals surface area contributed by atoms with Crippen molar-refractivity contribution in [3.63, 3.8) is 0 Å². The number of hydrogen-bond donors (Lipinski definition) is 1. The second-order valence-electron chi connectivity index (χ2n) is 7.52. The van der Waals surface area contributed by atoms with Gasteiger partial charge in [0.15, 0.2) is 0 Å². The van der Waals surface area contributed by atoms with E-state index in [4.69, 9.17) is 11.6 Å². The SMILES string of the molecule is Cc1ccc(S(=O)(=O)N(CC(=O)NCCCSCc2ccccc2)c2ccccc2Cl)cc1. The molecule has 0 unspecified atom stereocenters. The van der Waals surface area contributed by atoms with E-state index in [1.54, 1.807) is 48.2 Å². The van der Waals surface area contributed by atoms with Gasteiger partial charge in [-0.15, -0.1) is 0 Å². The van der Waals surface area contributed by atoms with Gasteiger partial charge in [-0.1, -0.05) is 71.8 Å². The van der Waals surface area contributed by atoms with Crippen LogP contribution in [-0.2, 0) is 20.6 Å². The molecular weight excluding hydrogens is 476 g/mol. The highest BCUT2D eigenvalue weighted by Gasteiger charge is 2.28. The molecule has 0 aliphatic heterocycles. The van der Waals surface area contributed by atoms with Crippen LogP contribution in [0.1, 0.15) is 17.5 Å². The van der Waals surface area contributed by atoms with Gasteiger partial charge in [-0.2, -0.15) is 11.8 Å². The number of carbonyl (C=O) groups is 1. The van der Waals surface area contributed by atoms with Gasteiger partial charge in [0.25, 0.3) is 10.0 Å². The molecule has 1 N–H and O–H groups in total. The summed E-state index contributed by atoms with van der Waals surface area (Å²) in [4.78, 5) is 12.8. The average molecular weight is 503 g/mol. The summed E-state index contributed by atoms with van der Waals surface area (Å²) in [6.07, 6.45) is 0.792. The first-order chi connectivity index (χ1) is 15.9. The second kappa shape index (κ2) is 12.1. The van der Waals surface area contributed by atoms with Crippen molar-refractivity contribution in [1.82, 2.24) is 5.32 Å². The fourth-order valence-corrected chi connectivity index (χ4v) is 5.79. The van der Waals surface area contributed by atoms with Crippen molar-refractivity contribution in [2.45, 2.75) is 24.0 Å². The van der Waals surface area contributed by atoms with Crippen molar-refractivity contribution < 1.29 is 13.2 Å². The van der Waals surface area contributed by atoms with Crippen molar-refractivity contribution in [3.05, 3.63) is 95.0 Å². The Bertz CT molecular complexity index is 1150. The number of aryl methyl sites for hydroxylation is 1. The number of hydrogen-bond acceptors (Lipinski definition) is 4. The van der Waals surface area contributed by atoms with E-state index in [1.165, 1.54) is 17.7 Å². The summed E-state index contributed by atoms with van der Waals surface area (Å²) in [7, 11) is -3.97. The van der Waals surface area contributed by atoms with E-state index in [1.807, 2.05) is 25.1 Å². The quantitative estimate of drug-likeness (QED) is 0.362. The summed E-state index contributed by atoms with van der Waals surface area (Å²) in [5, 5.41) is 3.09. The zero-order valence-corrected chi connectivity index (χ0v) is 20.8. The number of sulfonamides is 1. The van der Waals surface area contributed by atoms with Crippen LogP contribution in [0.3, 0.4) is 0 Å². The van der Waals surface area contributed by atoms with Gasteiger partial charge < -0.3 is 5.32 Å². The van der Waals surface area contributed by atoms with Gasteiger partial charge in [0, 0.05) is 12.3 Å². The van der Waals surface area contributed by atoms with Crippen LogP contribution < -0.4 is 9.62 Å². The largest absolute Gasteiger partial charge is 0.354 e. The maximum absolute atomic E-state index is 13.4. The lowest BCUT2D eigenvalue weighted by molar-refractivity contribution is -0.119. The van der Waals surface area contributed by atoms with Crippen LogP contribution in [-0.4, -0.2) is 33.2 Å². The molecule has 0 radical (unpaired) electrons. The minimum atomic E-state index is -3.97. The van der Waals surface area contributed by atoms with Crippen LogP contribution in [0, 0.1) is 6.92 Å². The first-order valence-electron chi connectivity index (χ1n) is 10.6. The first-order valence-corrected chi connectivity index (χ1v) is 13.6. The minimum Gasteiger partial charge on any atom is -0.354 e. The van der Waals surface area contributed by atoms with Gasteiger partial charge >= 0.3 is 0 Å². The molecule has 0 atom stereocenters. The molecule has 0 aliphatic carbocycles. The Hall–Kier alpha value is -2.48. The lowest BCUT2D eigenvalue weighted by Gasteiger charge is -2.25. The summed E-state index contributed by atoms with van der Waals surface area (Å²) in [5.74, 6) is 1.44. The van der Waals surface area contributed by atoms with Gasteiger partial charge in [-0.05, 0) is 48.9 Å². The molecule has 1 amide bonds. The highest BCUT2D eigenvalue weighted by molar-refractivity contribution is 7.98. The van der Waals surface area contributed by atoms with E-state index >= 15 is 0 Å². The van der Waals surface area contributed by atoms with Crippen molar-refractivity contribution in [3.8, 4) is 0 Å². The van der Waals surface area contributed by atoms with E-state index in [0.29, 0.717) is 6.54 Å². The number of halogens is 1. The van der Waals surface area contributed by atoms with Crippen LogP contribution in [0.15, 0.2) is 83.8 Å². The van der Waals surface area contributed by atoms with Gasteiger partial charge in [0.05, 0.1) is 15.6 Å². The maximum atomic E-state index is 13.4. The molecule has 0 saturated carbocycles. The third-order valence-corrected chi connectivity index (χ3v) is 8.12. The Morgan fingerprint density at radius 3 is 2.33 bits per heavy atom. The third kappa shape index (κ3) is 7.25. The average Bonchev–Trinajstić information content (AvgIpc) is 2.81. The number of thioether (sulfide) groups is 1. The van der Waals surface area contributed by atoms with Crippen LogP contribution >= 0.6 is 23.4 Å². The lowest BCUT2D eigenvalue weighted by Crippen LogP contribution is -2.41. The normalized spacial score (nSPS) is 11.2. The maximum Gasteiger partial charge on any atom is 0.264 e. The molecule has 0 aliphatic rings.